The van der Waals surface area contributed by atoms with Gasteiger partial charge in [0.1, 0.15) is 0 Å². The van der Waals surface area contributed by atoms with Crippen LogP contribution in [0.3, 0.4) is 0 Å². The molecule has 1 amide bonds. The number of aliphatic hydroxyl groups excluding tert-OH is 1. The number of carbonyl (C=O) groups is 1. The Kier molecular flexibility index (Phi) is 6.58. The first-order valence-corrected chi connectivity index (χ1v) is 11.6. The van der Waals surface area contributed by atoms with Crippen molar-refractivity contribution in [1.29, 1.82) is 0 Å². The van der Waals surface area contributed by atoms with E-state index < -0.39 is 6.10 Å². The largest absolute Gasteiger partial charge is 0.388 e. The lowest BCUT2D eigenvalue weighted by Gasteiger charge is -2.41. The van der Waals surface area contributed by atoms with Crippen LogP contribution in [-0.4, -0.2) is 60.2 Å². The van der Waals surface area contributed by atoms with E-state index in [4.69, 9.17) is 0 Å². The van der Waals surface area contributed by atoms with Gasteiger partial charge in [0.2, 0.25) is 5.91 Å². The van der Waals surface area contributed by atoms with E-state index in [2.05, 4.69) is 33.0 Å². The number of hydrogen-bond acceptors (Lipinski definition) is 5. The summed E-state index contributed by atoms with van der Waals surface area (Å²) in [5, 5.41) is 10.4. The average molecular weight is 423 g/mol. The average Bonchev–Trinajstić information content (AvgIpc) is 3.13. The fraction of sp³-hybridized carbons (Fsp3) is 0.520. The molecule has 0 saturated carbocycles. The lowest BCUT2D eigenvalue weighted by atomic mass is 9.89. The molecule has 0 bridgehead atoms. The number of likely N-dealkylation sites (tertiary alicyclic amines) is 1. The van der Waals surface area contributed by atoms with Crippen LogP contribution in [0.4, 0.5) is 11.4 Å². The molecule has 31 heavy (non-hydrogen) atoms. The summed E-state index contributed by atoms with van der Waals surface area (Å²) in [6.45, 7) is 7.58. The van der Waals surface area contributed by atoms with Crippen molar-refractivity contribution in [3.63, 3.8) is 0 Å². The minimum absolute atomic E-state index is 0.183. The van der Waals surface area contributed by atoms with Gasteiger partial charge in [-0.3, -0.25) is 9.78 Å². The van der Waals surface area contributed by atoms with E-state index >= 15 is 0 Å². The Morgan fingerprint density at radius 3 is 2.74 bits per heavy atom. The first-order valence-electron chi connectivity index (χ1n) is 11.6. The van der Waals surface area contributed by atoms with Crippen LogP contribution in [0, 0.1) is 0 Å². The molecule has 3 atom stereocenters. The fourth-order valence-electron chi connectivity index (χ4n) is 5.33. The summed E-state index contributed by atoms with van der Waals surface area (Å²) in [7, 11) is 1.89. The second-order valence-electron chi connectivity index (χ2n) is 8.50. The third-order valence-corrected chi connectivity index (χ3v) is 6.88. The van der Waals surface area contributed by atoms with Gasteiger partial charge in [0, 0.05) is 44.5 Å². The van der Waals surface area contributed by atoms with Crippen molar-refractivity contribution in [2.24, 2.45) is 0 Å². The number of anilines is 2. The van der Waals surface area contributed by atoms with Crippen LogP contribution in [0.5, 0.6) is 0 Å². The molecule has 1 fully saturated rings. The number of para-hydroxylation sites is 1. The molecular weight excluding hydrogens is 388 g/mol. The molecular formula is C25H34N4O2. The molecule has 166 valence electrons. The SMILES string of the molecule is CC.CN1C(=O)CN2c3c(cccc31)C1CN(CCCC(O)c3ccncc3)CCC12. The maximum absolute atomic E-state index is 12.5. The lowest BCUT2D eigenvalue weighted by molar-refractivity contribution is -0.117. The molecule has 1 N–H and O–H groups in total. The lowest BCUT2D eigenvalue weighted by Crippen LogP contribution is -2.51. The Labute approximate surface area is 185 Å². The van der Waals surface area contributed by atoms with Gasteiger partial charge < -0.3 is 19.8 Å². The molecule has 0 aliphatic carbocycles. The summed E-state index contributed by atoms with van der Waals surface area (Å²) in [6.07, 6.45) is 5.87. The highest BCUT2D eigenvalue weighted by molar-refractivity contribution is 6.04. The number of aliphatic hydroxyl groups is 1. The van der Waals surface area contributed by atoms with Crippen molar-refractivity contribution in [2.75, 3.05) is 43.0 Å². The number of fused-ring (bicyclic) bond motifs is 3. The number of pyridine rings is 1. The van der Waals surface area contributed by atoms with Gasteiger partial charge in [-0.1, -0.05) is 26.0 Å². The van der Waals surface area contributed by atoms with E-state index in [0.717, 1.165) is 50.1 Å². The van der Waals surface area contributed by atoms with Crippen LogP contribution in [0.1, 0.15) is 56.3 Å². The molecule has 6 heteroatoms. The van der Waals surface area contributed by atoms with Crippen molar-refractivity contribution in [3.8, 4) is 0 Å². The number of benzene rings is 1. The number of aromatic nitrogens is 1. The summed E-state index contributed by atoms with van der Waals surface area (Å²) in [5.74, 6) is 0.644. The maximum Gasteiger partial charge on any atom is 0.246 e. The van der Waals surface area contributed by atoms with Gasteiger partial charge in [-0.25, -0.2) is 0 Å². The van der Waals surface area contributed by atoms with Crippen LogP contribution >= 0.6 is 0 Å². The van der Waals surface area contributed by atoms with Crippen LogP contribution in [0.2, 0.25) is 0 Å². The molecule has 0 radical (unpaired) electrons. The predicted octanol–water partition coefficient (Wildman–Crippen LogP) is 3.58. The number of rotatable bonds is 5. The van der Waals surface area contributed by atoms with Crippen LogP contribution in [-0.2, 0) is 4.79 Å². The molecule has 5 rings (SSSR count). The van der Waals surface area contributed by atoms with Gasteiger partial charge in [0.05, 0.1) is 24.0 Å². The van der Waals surface area contributed by atoms with Crippen molar-refractivity contribution >= 4 is 17.3 Å². The quantitative estimate of drug-likeness (QED) is 0.798. The number of piperidine rings is 1. The van der Waals surface area contributed by atoms with Crippen molar-refractivity contribution in [2.45, 2.75) is 51.2 Å². The second-order valence-corrected chi connectivity index (χ2v) is 8.50. The fourth-order valence-corrected chi connectivity index (χ4v) is 5.33. The third kappa shape index (κ3) is 4.06. The Morgan fingerprint density at radius 1 is 1.19 bits per heavy atom. The van der Waals surface area contributed by atoms with Crippen molar-refractivity contribution in [1.82, 2.24) is 9.88 Å². The zero-order chi connectivity index (χ0) is 22.0. The Morgan fingerprint density at radius 2 is 1.97 bits per heavy atom. The molecule has 1 saturated heterocycles. The molecule has 1 aromatic carbocycles. The smallest absolute Gasteiger partial charge is 0.246 e. The number of nitrogens with zero attached hydrogens (tertiary/aromatic N) is 4. The highest BCUT2D eigenvalue weighted by atomic mass is 16.3. The summed E-state index contributed by atoms with van der Waals surface area (Å²) in [5.41, 5.74) is 4.67. The highest BCUT2D eigenvalue weighted by Gasteiger charge is 2.46. The van der Waals surface area contributed by atoms with E-state index in [-0.39, 0.29) is 5.91 Å². The Hall–Kier alpha value is -2.44. The minimum Gasteiger partial charge on any atom is -0.388 e. The molecule has 1 aromatic heterocycles. The summed E-state index contributed by atoms with van der Waals surface area (Å²) < 4.78 is 0. The van der Waals surface area contributed by atoms with Crippen LogP contribution < -0.4 is 9.80 Å². The Balaban J connectivity index is 0.00000112. The van der Waals surface area contributed by atoms with Crippen molar-refractivity contribution < 1.29 is 9.90 Å². The molecule has 2 aromatic rings. The monoisotopic (exact) mass is 422 g/mol. The van der Waals surface area contributed by atoms with Gasteiger partial charge in [-0.2, -0.15) is 0 Å². The minimum atomic E-state index is -0.420. The summed E-state index contributed by atoms with van der Waals surface area (Å²) in [4.78, 5) is 23.2. The standard InChI is InChI=1S/C23H28N4O2.C2H6/c1-25-20-5-2-4-17-18-14-26(12-3-6-21(28)16-7-10-24-11-8-16)13-9-19(18)27(23(17)20)15-22(25)29;1-2/h2,4-5,7-8,10-11,18-19,21,28H,3,6,9,12-15H2,1H3;1-2H3. The molecule has 3 aliphatic heterocycles. The Bertz CT molecular complexity index is 904. The number of hydrogen-bond donors (Lipinski definition) is 1. The number of likely N-dealkylation sites (N-methyl/N-ethyl adjacent to an activating group) is 1. The van der Waals surface area contributed by atoms with Gasteiger partial charge in [0.15, 0.2) is 0 Å². The molecule has 0 spiro atoms. The van der Waals surface area contributed by atoms with Gasteiger partial charge in [-0.15, -0.1) is 0 Å². The van der Waals surface area contributed by atoms with E-state index in [1.807, 2.05) is 37.9 Å². The van der Waals surface area contributed by atoms with Gasteiger partial charge >= 0.3 is 0 Å². The maximum atomic E-state index is 12.5. The van der Waals surface area contributed by atoms with Crippen molar-refractivity contribution in [3.05, 3.63) is 53.9 Å². The first kappa shape index (κ1) is 21.8. The van der Waals surface area contributed by atoms with Crippen LogP contribution in [0.15, 0.2) is 42.7 Å². The molecule has 4 heterocycles. The third-order valence-electron chi connectivity index (χ3n) is 6.88. The zero-order valence-electron chi connectivity index (χ0n) is 18.9. The molecule has 3 unspecified atom stereocenters. The summed E-state index contributed by atoms with van der Waals surface area (Å²) >= 11 is 0. The molecule has 3 aliphatic rings. The second kappa shape index (κ2) is 9.37. The van der Waals surface area contributed by atoms with E-state index in [0.29, 0.717) is 18.5 Å². The summed E-state index contributed by atoms with van der Waals surface area (Å²) in [6, 6.07) is 10.6. The zero-order valence-corrected chi connectivity index (χ0v) is 18.9. The van der Waals surface area contributed by atoms with Gasteiger partial charge in [0.25, 0.3) is 0 Å². The highest BCUT2D eigenvalue weighted by Crippen LogP contribution is 2.50. The predicted molar refractivity (Wildman–Crippen MR) is 125 cm³/mol. The topological polar surface area (TPSA) is 59.9 Å². The van der Waals surface area contributed by atoms with E-state index in [1.54, 1.807) is 12.4 Å². The molecule has 6 nitrogen and oxygen atoms in total. The number of carbonyl (C=O) groups excluding carboxylic acids is 1. The van der Waals surface area contributed by atoms with E-state index in [9.17, 15) is 9.90 Å². The number of amides is 1. The van der Waals surface area contributed by atoms with Crippen LogP contribution in [0.25, 0.3) is 0 Å². The van der Waals surface area contributed by atoms with Gasteiger partial charge in [-0.05, 0) is 55.1 Å². The normalized spacial score (nSPS) is 23.0. The van der Waals surface area contributed by atoms with E-state index in [1.165, 1.54) is 11.3 Å². The first-order chi connectivity index (χ1) is 15.1.